The van der Waals surface area contributed by atoms with E-state index in [0.29, 0.717) is 18.6 Å². The first-order chi connectivity index (χ1) is 15.0. The summed E-state index contributed by atoms with van der Waals surface area (Å²) in [4.78, 5) is 14.2. The summed E-state index contributed by atoms with van der Waals surface area (Å²) in [6, 6.07) is 4.61. The van der Waals surface area contributed by atoms with Crippen molar-refractivity contribution in [2.75, 3.05) is 31.7 Å². The van der Waals surface area contributed by atoms with E-state index in [2.05, 4.69) is 48.1 Å². The molecule has 1 saturated heterocycles. The Morgan fingerprint density at radius 2 is 2.03 bits per heavy atom. The number of hydrogen-bond acceptors (Lipinski definition) is 5. The third-order valence-electron chi connectivity index (χ3n) is 6.28. The monoisotopic (exact) mass is 426 g/mol. The number of aromatic nitrogens is 2. The number of hydrogen-bond donors (Lipinski definition) is 1. The van der Waals surface area contributed by atoms with E-state index in [9.17, 15) is 4.79 Å². The largest absolute Gasteiger partial charge is 0.492 e. The van der Waals surface area contributed by atoms with E-state index < -0.39 is 0 Å². The van der Waals surface area contributed by atoms with Crippen LogP contribution >= 0.6 is 0 Å². The second-order valence-corrected chi connectivity index (χ2v) is 9.06. The van der Waals surface area contributed by atoms with Crippen LogP contribution in [-0.2, 0) is 11.2 Å². The molecule has 4 rings (SSSR count). The fourth-order valence-electron chi connectivity index (χ4n) is 4.57. The van der Waals surface area contributed by atoms with E-state index in [0.717, 1.165) is 66.9 Å². The molecule has 1 N–H and O–H groups in total. The van der Waals surface area contributed by atoms with Crippen molar-refractivity contribution in [1.29, 1.82) is 0 Å². The van der Waals surface area contributed by atoms with Crippen LogP contribution in [0.4, 0.5) is 10.5 Å². The van der Waals surface area contributed by atoms with Gasteiger partial charge in [0.15, 0.2) is 0 Å². The number of nitrogens with zero attached hydrogens (tertiary/aromatic N) is 3. The molecule has 1 amide bonds. The van der Waals surface area contributed by atoms with Gasteiger partial charge in [-0.1, -0.05) is 13.8 Å². The highest BCUT2D eigenvalue weighted by molar-refractivity contribution is 5.92. The number of benzene rings is 1. The summed E-state index contributed by atoms with van der Waals surface area (Å²) in [7, 11) is 1.43. The van der Waals surface area contributed by atoms with Crippen LogP contribution in [0.3, 0.4) is 0 Å². The maximum atomic E-state index is 12.5. The molecule has 7 nitrogen and oxygen atoms in total. The molecule has 1 aromatic carbocycles. The number of anilines is 1. The summed E-state index contributed by atoms with van der Waals surface area (Å²) in [6.07, 6.45) is 7.68. The van der Waals surface area contributed by atoms with Gasteiger partial charge in [-0.15, -0.1) is 0 Å². The van der Waals surface area contributed by atoms with Gasteiger partial charge in [0, 0.05) is 28.9 Å². The van der Waals surface area contributed by atoms with Gasteiger partial charge in [0.2, 0.25) is 0 Å². The average Bonchev–Trinajstić information content (AvgIpc) is 3.27. The maximum Gasteiger partial charge on any atom is 0.414 e. The third kappa shape index (κ3) is 4.42. The zero-order chi connectivity index (χ0) is 22.0. The number of rotatable bonds is 5. The van der Waals surface area contributed by atoms with Crippen molar-refractivity contribution in [3.63, 3.8) is 0 Å². The minimum absolute atomic E-state index is 0.0893. The van der Waals surface area contributed by atoms with Crippen LogP contribution in [0, 0.1) is 5.92 Å². The van der Waals surface area contributed by atoms with Crippen molar-refractivity contribution in [2.45, 2.75) is 58.5 Å². The van der Waals surface area contributed by atoms with Gasteiger partial charge in [-0.05, 0) is 63.7 Å². The third-order valence-corrected chi connectivity index (χ3v) is 6.28. The molecule has 1 atom stereocenters. The Bertz CT molecular complexity index is 918. The fraction of sp³-hybridized carbons (Fsp3) is 0.583. The van der Waals surface area contributed by atoms with Crippen LogP contribution in [0.15, 0.2) is 24.5 Å². The lowest BCUT2D eigenvalue weighted by atomic mass is 9.92. The Morgan fingerprint density at radius 3 is 2.74 bits per heavy atom. The van der Waals surface area contributed by atoms with Gasteiger partial charge < -0.3 is 14.8 Å². The van der Waals surface area contributed by atoms with E-state index in [1.807, 2.05) is 12.3 Å². The maximum absolute atomic E-state index is 12.5. The predicted octanol–water partition coefficient (Wildman–Crippen LogP) is 4.42. The lowest BCUT2D eigenvalue weighted by molar-refractivity contribution is 0.175. The number of piperidine rings is 1. The summed E-state index contributed by atoms with van der Waals surface area (Å²) in [6.45, 7) is 9.04. The van der Waals surface area contributed by atoms with Gasteiger partial charge >= 0.3 is 6.09 Å². The summed E-state index contributed by atoms with van der Waals surface area (Å²) in [5, 5.41) is 8.09. The SMILES string of the molecule is COC(=O)N1c2ccc(-c3cnn(C4CCNCC4)c3)c(OCC(C)C)c2CC[C@@H]1C. The van der Waals surface area contributed by atoms with E-state index in [1.165, 1.54) is 7.11 Å². The molecule has 0 radical (unpaired) electrons. The topological polar surface area (TPSA) is 68.6 Å². The smallest absolute Gasteiger partial charge is 0.414 e. The number of amides is 1. The van der Waals surface area contributed by atoms with Crippen LogP contribution in [0.1, 0.15) is 51.6 Å². The summed E-state index contributed by atoms with van der Waals surface area (Å²) in [5.41, 5.74) is 4.07. The number of carbonyl (C=O) groups is 1. The van der Waals surface area contributed by atoms with E-state index in [1.54, 1.807) is 4.90 Å². The second kappa shape index (κ2) is 9.30. The van der Waals surface area contributed by atoms with Crippen molar-refractivity contribution < 1.29 is 14.3 Å². The molecule has 1 aromatic heterocycles. The molecule has 0 aliphatic carbocycles. The highest BCUT2D eigenvalue weighted by Gasteiger charge is 2.32. The number of methoxy groups -OCH3 is 1. The highest BCUT2D eigenvalue weighted by atomic mass is 16.5. The molecular weight excluding hydrogens is 392 g/mol. The number of carbonyl (C=O) groups excluding carboxylic acids is 1. The molecule has 3 heterocycles. The quantitative estimate of drug-likeness (QED) is 0.767. The van der Waals surface area contributed by atoms with Crippen LogP contribution < -0.4 is 15.0 Å². The van der Waals surface area contributed by atoms with E-state index in [4.69, 9.17) is 9.47 Å². The van der Waals surface area contributed by atoms with Crippen molar-refractivity contribution in [3.05, 3.63) is 30.1 Å². The molecule has 168 valence electrons. The normalized spacial score (nSPS) is 19.4. The van der Waals surface area contributed by atoms with Gasteiger partial charge in [0.25, 0.3) is 0 Å². The average molecular weight is 427 g/mol. The Labute approximate surface area is 184 Å². The molecule has 2 aliphatic rings. The van der Waals surface area contributed by atoms with Crippen molar-refractivity contribution in [2.24, 2.45) is 5.92 Å². The summed E-state index contributed by atoms with van der Waals surface area (Å²) >= 11 is 0. The van der Waals surface area contributed by atoms with Crippen molar-refractivity contribution in [1.82, 2.24) is 15.1 Å². The molecule has 0 saturated carbocycles. The Morgan fingerprint density at radius 1 is 1.26 bits per heavy atom. The molecule has 0 unspecified atom stereocenters. The molecule has 31 heavy (non-hydrogen) atoms. The van der Waals surface area contributed by atoms with Gasteiger partial charge in [-0.3, -0.25) is 9.58 Å². The molecule has 0 spiro atoms. The Balaban J connectivity index is 1.74. The first kappa shape index (κ1) is 21.7. The van der Waals surface area contributed by atoms with Crippen LogP contribution in [-0.4, -0.2) is 48.7 Å². The summed E-state index contributed by atoms with van der Waals surface area (Å²) in [5.74, 6) is 1.28. The predicted molar refractivity (Wildman–Crippen MR) is 122 cm³/mol. The van der Waals surface area contributed by atoms with Gasteiger partial charge in [0.05, 0.1) is 31.6 Å². The molecule has 2 aromatic rings. The standard InChI is InChI=1S/C24H34N4O3/c1-16(2)15-31-23-20(18-13-26-27(14-18)19-9-11-25-12-10-19)7-8-22-21(23)6-5-17(3)28(22)24(29)30-4/h7-8,13-14,16-17,19,25H,5-6,9-12,15H2,1-4H3/t17-/m0/s1. The molecule has 7 heteroatoms. The van der Waals surface area contributed by atoms with Gasteiger partial charge in [-0.2, -0.15) is 5.10 Å². The summed E-state index contributed by atoms with van der Waals surface area (Å²) < 4.78 is 13.5. The highest BCUT2D eigenvalue weighted by Crippen LogP contribution is 2.43. The van der Waals surface area contributed by atoms with Crippen LogP contribution in [0.5, 0.6) is 5.75 Å². The zero-order valence-corrected chi connectivity index (χ0v) is 19.1. The van der Waals surface area contributed by atoms with Gasteiger partial charge in [-0.25, -0.2) is 4.79 Å². The molecule has 2 aliphatic heterocycles. The van der Waals surface area contributed by atoms with Crippen LogP contribution in [0.25, 0.3) is 11.1 Å². The minimum atomic E-state index is -0.324. The van der Waals surface area contributed by atoms with E-state index in [-0.39, 0.29) is 12.1 Å². The number of nitrogens with one attached hydrogen (secondary N) is 1. The zero-order valence-electron chi connectivity index (χ0n) is 19.1. The Kier molecular flexibility index (Phi) is 6.51. The fourth-order valence-corrected chi connectivity index (χ4v) is 4.57. The molecule has 0 bridgehead atoms. The number of ether oxygens (including phenoxy) is 2. The molecular formula is C24H34N4O3. The van der Waals surface area contributed by atoms with E-state index >= 15 is 0 Å². The van der Waals surface area contributed by atoms with Gasteiger partial charge in [0.1, 0.15) is 5.75 Å². The second-order valence-electron chi connectivity index (χ2n) is 9.06. The first-order valence-electron chi connectivity index (χ1n) is 11.4. The first-order valence-corrected chi connectivity index (χ1v) is 11.4. The lowest BCUT2D eigenvalue weighted by Gasteiger charge is -2.35. The number of fused-ring (bicyclic) bond motifs is 1. The van der Waals surface area contributed by atoms with Crippen molar-refractivity contribution >= 4 is 11.8 Å². The lowest BCUT2D eigenvalue weighted by Crippen LogP contribution is -2.42. The minimum Gasteiger partial charge on any atom is -0.492 e. The molecule has 1 fully saturated rings. The Hall–Kier alpha value is -2.54. The van der Waals surface area contributed by atoms with Crippen molar-refractivity contribution in [3.8, 4) is 16.9 Å². The van der Waals surface area contributed by atoms with Crippen LogP contribution in [0.2, 0.25) is 0 Å².